The molecular formula is C18H14ClFN4O. The van der Waals surface area contributed by atoms with Crippen LogP contribution in [-0.4, -0.2) is 15.9 Å². The van der Waals surface area contributed by atoms with Crippen molar-refractivity contribution in [3.63, 3.8) is 0 Å². The largest absolute Gasteiger partial charge is 0.365 e. The molecular weight excluding hydrogens is 343 g/mol. The first-order valence-electron chi connectivity index (χ1n) is 7.48. The summed E-state index contributed by atoms with van der Waals surface area (Å²) >= 11 is 5.69. The molecule has 0 aliphatic rings. The Bertz CT molecular complexity index is 872. The Morgan fingerprint density at radius 2 is 1.88 bits per heavy atom. The predicted molar refractivity (Wildman–Crippen MR) is 95.2 cm³/mol. The Labute approximate surface area is 148 Å². The maximum absolute atomic E-state index is 13.1. The van der Waals surface area contributed by atoms with E-state index in [0.717, 1.165) is 5.56 Å². The number of anilines is 2. The van der Waals surface area contributed by atoms with Gasteiger partial charge in [0.15, 0.2) is 0 Å². The van der Waals surface area contributed by atoms with Gasteiger partial charge in [0.25, 0.3) is 5.91 Å². The van der Waals surface area contributed by atoms with Gasteiger partial charge < -0.3 is 10.6 Å². The molecule has 3 aromatic rings. The number of carbonyl (C=O) groups is 1. The number of nitrogens with one attached hydrogen (secondary N) is 2. The van der Waals surface area contributed by atoms with E-state index in [0.29, 0.717) is 18.1 Å². The molecule has 0 fully saturated rings. The monoisotopic (exact) mass is 356 g/mol. The summed E-state index contributed by atoms with van der Waals surface area (Å²) in [7, 11) is 0. The molecule has 7 heteroatoms. The summed E-state index contributed by atoms with van der Waals surface area (Å²) in [6.07, 6.45) is 2.85. The second kappa shape index (κ2) is 7.72. The van der Waals surface area contributed by atoms with Crippen molar-refractivity contribution in [2.45, 2.75) is 6.54 Å². The summed E-state index contributed by atoms with van der Waals surface area (Å²) in [5, 5.41) is 5.65. The van der Waals surface area contributed by atoms with Gasteiger partial charge in [0.2, 0.25) is 0 Å². The number of benzene rings is 2. The molecule has 0 radical (unpaired) electrons. The summed E-state index contributed by atoms with van der Waals surface area (Å²) < 4.78 is 13.1. The van der Waals surface area contributed by atoms with Crippen LogP contribution in [0.15, 0.2) is 60.9 Å². The molecule has 0 spiro atoms. The molecule has 2 aromatic carbocycles. The van der Waals surface area contributed by atoms with Crippen molar-refractivity contribution in [1.29, 1.82) is 0 Å². The van der Waals surface area contributed by atoms with Gasteiger partial charge in [0.05, 0.1) is 17.4 Å². The van der Waals surface area contributed by atoms with Gasteiger partial charge in [-0.25, -0.2) is 14.4 Å². The van der Waals surface area contributed by atoms with Gasteiger partial charge in [0.1, 0.15) is 17.3 Å². The van der Waals surface area contributed by atoms with Crippen LogP contribution in [0.3, 0.4) is 0 Å². The van der Waals surface area contributed by atoms with E-state index in [1.807, 2.05) is 30.3 Å². The van der Waals surface area contributed by atoms with Crippen LogP contribution in [0, 0.1) is 5.82 Å². The molecule has 126 valence electrons. The lowest BCUT2D eigenvalue weighted by Crippen LogP contribution is -2.14. The Kier molecular flexibility index (Phi) is 5.20. The molecule has 0 aliphatic heterocycles. The fraction of sp³-hybridized carbons (Fsp3) is 0.0556. The van der Waals surface area contributed by atoms with Gasteiger partial charge in [-0.1, -0.05) is 41.9 Å². The van der Waals surface area contributed by atoms with Crippen LogP contribution in [0.1, 0.15) is 16.1 Å². The zero-order chi connectivity index (χ0) is 17.6. The van der Waals surface area contributed by atoms with Crippen LogP contribution in [0.4, 0.5) is 15.9 Å². The molecule has 0 saturated heterocycles. The smallest absolute Gasteiger partial charge is 0.275 e. The van der Waals surface area contributed by atoms with Crippen LogP contribution in [0.25, 0.3) is 0 Å². The van der Waals surface area contributed by atoms with Crippen molar-refractivity contribution in [1.82, 2.24) is 9.97 Å². The fourth-order valence-corrected chi connectivity index (χ4v) is 2.27. The zero-order valence-corrected chi connectivity index (χ0v) is 13.8. The minimum Gasteiger partial charge on any atom is -0.365 e. The van der Waals surface area contributed by atoms with Gasteiger partial charge in [-0.2, -0.15) is 0 Å². The van der Waals surface area contributed by atoms with Crippen molar-refractivity contribution in [3.05, 3.63) is 83.0 Å². The number of hydrogen-bond donors (Lipinski definition) is 2. The molecule has 1 aromatic heterocycles. The van der Waals surface area contributed by atoms with E-state index in [2.05, 4.69) is 20.6 Å². The normalized spacial score (nSPS) is 10.3. The first kappa shape index (κ1) is 16.9. The second-order valence-corrected chi connectivity index (χ2v) is 5.62. The van der Waals surface area contributed by atoms with Crippen LogP contribution in [-0.2, 0) is 6.54 Å². The van der Waals surface area contributed by atoms with Gasteiger partial charge in [0, 0.05) is 12.2 Å². The Morgan fingerprint density at radius 3 is 2.56 bits per heavy atom. The first-order valence-corrected chi connectivity index (χ1v) is 7.86. The van der Waals surface area contributed by atoms with Crippen LogP contribution < -0.4 is 10.6 Å². The third kappa shape index (κ3) is 4.51. The third-order valence-corrected chi connectivity index (χ3v) is 3.67. The SMILES string of the molecule is O=C(Nc1ccc(F)c(Cl)c1)c1cnc(NCc2ccccc2)cn1. The third-order valence-electron chi connectivity index (χ3n) is 3.38. The highest BCUT2D eigenvalue weighted by Crippen LogP contribution is 2.19. The minimum atomic E-state index is -0.548. The summed E-state index contributed by atoms with van der Waals surface area (Å²) in [6.45, 7) is 0.606. The quantitative estimate of drug-likeness (QED) is 0.721. The number of nitrogens with zero attached hydrogens (tertiary/aromatic N) is 2. The first-order chi connectivity index (χ1) is 12.1. The number of aromatic nitrogens is 2. The average Bonchev–Trinajstić information content (AvgIpc) is 2.64. The Hall–Kier alpha value is -2.99. The van der Waals surface area contributed by atoms with Crippen LogP contribution in [0.2, 0.25) is 5.02 Å². The van der Waals surface area contributed by atoms with E-state index in [1.54, 1.807) is 0 Å². The summed E-state index contributed by atoms with van der Waals surface area (Å²) in [4.78, 5) is 20.4. The van der Waals surface area contributed by atoms with Gasteiger partial charge in [-0.05, 0) is 23.8 Å². The molecule has 0 unspecified atom stereocenters. The molecule has 3 rings (SSSR count). The maximum atomic E-state index is 13.1. The van der Waals surface area contributed by atoms with Crippen molar-refractivity contribution in [3.8, 4) is 0 Å². The van der Waals surface area contributed by atoms with E-state index >= 15 is 0 Å². The molecule has 0 atom stereocenters. The topological polar surface area (TPSA) is 66.9 Å². The average molecular weight is 357 g/mol. The van der Waals surface area contributed by atoms with Crippen molar-refractivity contribution in [2.75, 3.05) is 10.6 Å². The van der Waals surface area contributed by atoms with Crippen LogP contribution >= 0.6 is 11.6 Å². The van der Waals surface area contributed by atoms with Gasteiger partial charge >= 0.3 is 0 Å². The molecule has 0 bridgehead atoms. The maximum Gasteiger partial charge on any atom is 0.275 e. The van der Waals surface area contributed by atoms with Crippen molar-refractivity contribution in [2.24, 2.45) is 0 Å². The van der Waals surface area contributed by atoms with Gasteiger partial charge in [-0.3, -0.25) is 4.79 Å². The summed E-state index contributed by atoms with van der Waals surface area (Å²) in [6, 6.07) is 13.8. The van der Waals surface area contributed by atoms with Gasteiger partial charge in [-0.15, -0.1) is 0 Å². The number of halogens is 2. The Morgan fingerprint density at radius 1 is 1.08 bits per heavy atom. The fourth-order valence-electron chi connectivity index (χ4n) is 2.09. The molecule has 25 heavy (non-hydrogen) atoms. The highest BCUT2D eigenvalue weighted by molar-refractivity contribution is 6.31. The highest BCUT2D eigenvalue weighted by atomic mass is 35.5. The molecule has 0 saturated carbocycles. The lowest BCUT2D eigenvalue weighted by atomic mass is 10.2. The van der Waals surface area contributed by atoms with Crippen LogP contribution in [0.5, 0.6) is 0 Å². The van der Waals surface area contributed by atoms with E-state index in [4.69, 9.17) is 11.6 Å². The number of carbonyl (C=O) groups excluding carboxylic acids is 1. The molecule has 5 nitrogen and oxygen atoms in total. The van der Waals surface area contributed by atoms with Crippen molar-refractivity contribution >= 4 is 29.0 Å². The van der Waals surface area contributed by atoms with E-state index < -0.39 is 11.7 Å². The molecule has 0 aliphatic carbocycles. The van der Waals surface area contributed by atoms with E-state index in [9.17, 15) is 9.18 Å². The summed E-state index contributed by atoms with van der Waals surface area (Å²) in [5.41, 5.74) is 1.63. The Balaban J connectivity index is 1.61. The number of amides is 1. The lowest BCUT2D eigenvalue weighted by Gasteiger charge is -2.07. The molecule has 1 heterocycles. The second-order valence-electron chi connectivity index (χ2n) is 5.21. The summed E-state index contributed by atoms with van der Waals surface area (Å²) in [5.74, 6) is -0.441. The number of hydrogen-bond acceptors (Lipinski definition) is 4. The highest BCUT2D eigenvalue weighted by Gasteiger charge is 2.10. The minimum absolute atomic E-state index is 0.0654. The molecule has 1 amide bonds. The predicted octanol–water partition coefficient (Wildman–Crippen LogP) is 4.13. The lowest BCUT2D eigenvalue weighted by molar-refractivity contribution is 0.102. The molecule has 2 N–H and O–H groups in total. The standard InChI is InChI=1S/C18H14ClFN4O/c19-14-8-13(6-7-15(14)20)24-18(25)16-10-23-17(11-21-16)22-9-12-4-2-1-3-5-12/h1-8,10-11H,9H2,(H,22,23)(H,24,25). The van der Waals surface area contributed by atoms with Crippen molar-refractivity contribution < 1.29 is 9.18 Å². The van der Waals surface area contributed by atoms with E-state index in [-0.39, 0.29) is 10.7 Å². The zero-order valence-electron chi connectivity index (χ0n) is 13.0. The number of rotatable bonds is 5. The van der Waals surface area contributed by atoms with E-state index in [1.165, 1.54) is 30.6 Å².